The Hall–Kier alpha value is -2.51. The molecule has 0 fully saturated rings. The van der Waals surface area contributed by atoms with Crippen molar-refractivity contribution < 1.29 is 22.7 Å². The standard InChI is InChI=1S/C15H16F3N3O2/c1-14(2,3)21-12(13(19)22)11(8-20-21)23-10-6-4-5-9(7-10)15(16,17)18/h4-8H,1-3H3,(H2,19,22). The number of amides is 1. The number of primary amides is 1. The molecule has 124 valence electrons. The van der Waals surface area contributed by atoms with E-state index in [4.69, 9.17) is 10.5 Å². The minimum Gasteiger partial charge on any atom is -0.453 e. The fraction of sp³-hybridized carbons (Fsp3) is 0.333. The smallest absolute Gasteiger partial charge is 0.416 e. The number of hydrogen-bond acceptors (Lipinski definition) is 3. The molecule has 1 aromatic carbocycles. The Morgan fingerprint density at radius 3 is 2.43 bits per heavy atom. The molecule has 1 amide bonds. The molecular weight excluding hydrogens is 311 g/mol. The predicted molar refractivity (Wildman–Crippen MR) is 77.3 cm³/mol. The Morgan fingerprint density at radius 1 is 1.26 bits per heavy atom. The molecule has 0 spiro atoms. The summed E-state index contributed by atoms with van der Waals surface area (Å²) in [6, 6.07) is 4.35. The third kappa shape index (κ3) is 3.64. The van der Waals surface area contributed by atoms with Gasteiger partial charge in [-0.1, -0.05) is 6.07 Å². The molecule has 0 unspecified atom stereocenters. The predicted octanol–water partition coefficient (Wildman–Crippen LogP) is 3.55. The Balaban J connectivity index is 2.42. The average molecular weight is 327 g/mol. The van der Waals surface area contributed by atoms with Crippen molar-refractivity contribution in [1.82, 2.24) is 9.78 Å². The molecule has 0 aliphatic heterocycles. The number of halogens is 3. The summed E-state index contributed by atoms with van der Waals surface area (Å²) < 4.78 is 45.0. The van der Waals surface area contributed by atoms with Crippen LogP contribution in [0, 0.1) is 0 Å². The van der Waals surface area contributed by atoms with Crippen molar-refractivity contribution >= 4 is 5.91 Å². The number of alkyl halides is 3. The van der Waals surface area contributed by atoms with Gasteiger partial charge in [-0.3, -0.25) is 9.48 Å². The van der Waals surface area contributed by atoms with Gasteiger partial charge in [-0.2, -0.15) is 18.3 Å². The monoisotopic (exact) mass is 327 g/mol. The van der Waals surface area contributed by atoms with Crippen LogP contribution >= 0.6 is 0 Å². The zero-order chi connectivity index (χ0) is 17.4. The van der Waals surface area contributed by atoms with Crippen molar-refractivity contribution in [3.05, 3.63) is 41.7 Å². The van der Waals surface area contributed by atoms with Gasteiger partial charge in [-0.15, -0.1) is 0 Å². The lowest BCUT2D eigenvalue weighted by molar-refractivity contribution is -0.137. The van der Waals surface area contributed by atoms with Crippen LogP contribution in [0.1, 0.15) is 36.8 Å². The van der Waals surface area contributed by atoms with Crippen LogP contribution in [-0.2, 0) is 11.7 Å². The summed E-state index contributed by atoms with van der Waals surface area (Å²) in [6.07, 6.45) is -3.23. The molecule has 0 aliphatic carbocycles. The number of rotatable bonds is 3. The topological polar surface area (TPSA) is 70.1 Å². The van der Waals surface area contributed by atoms with E-state index in [1.54, 1.807) is 20.8 Å². The molecule has 8 heteroatoms. The molecule has 2 N–H and O–H groups in total. The molecule has 0 saturated heterocycles. The van der Waals surface area contributed by atoms with Gasteiger partial charge < -0.3 is 10.5 Å². The van der Waals surface area contributed by atoms with Crippen LogP contribution in [-0.4, -0.2) is 15.7 Å². The fourth-order valence-electron chi connectivity index (χ4n) is 2.01. The minimum absolute atomic E-state index is 0.00471. The van der Waals surface area contributed by atoms with E-state index >= 15 is 0 Å². The van der Waals surface area contributed by atoms with E-state index < -0.39 is 23.2 Å². The van der Waals surface area contributed by atoms with Crippen molar-refractivity contribution in [1.29, 1.82) is 0 Å². The Labute approximate surface area is 130 Å². The molecule has 2 rings (SSSR count). The van der Waals surface area contributed by atoms with Crippen LogP contribution in [0.15, 0.2) is 30.5 Å². The lowest BCUT2D eigenvalue weighted by Crippen LogP contribution is -2.29. The first-order chi connectivity index (χ1) is 10.5. The van der Waals surface area contributed by atoms with Crippen LogP contribution in [0.4, 0.5) is 13.2 Å². The third-order valence-electron chi connectivity index (χ3n) is 2.99. The van der Waals surface area contributed by atoms with Crippen LogP contribution in [0.5, 0.6) is 11.5 Å². The van der Waals surface area contributed by atoms with Crippen LogP contribution < -0.4 is 10.5 Å². The zero-order valence-corrected chi connectivity index (χ0v) is 12.8. The van der Waals surface area contributed by atoms with Crippen molar-refractivity contribution in [2.24, 2.45) is 5.73 Å². The van der Waals surface area contributed by atoms with Gasteiger partial charge in [0, 0.05) is 0 Å². The highest BCUT2D eigenvalue weighted by Crippen LogP contribution is 2.34. The highest BCUT2D eigenvalue weighted by molar-refractivity contribution is 5.94. The van der Waals surface area contributed by atoms with Crippen molar-refractivity contribution in [3.8, 4) is 11.5 Å². The number of benzene rings is 1. The van der Waals surface area contributed by atoms with E-state index in [1.807, 2.05) is 0 Å². The molecule has 1 heterocycles. The molecule has 5 nitrogen and oxygen atoms in total. The Morgan fingerprint density at radius 2 is 1.91 bits per heavy atom. The molecule has 0 radical (unpaired) electrons. The molecule has 0 saturated carbocycles. The summed E-state index contributed by atoms with van der Waals surface area (Å²) >= 11 is 0. The second-order valence-corrected chi connectivity index (χ2v) is 5.93. The maximum Gasteiger partial charge on any atom is 0.416 e. The van der Waals surface area contributed by atoms with E-state index in [0.717, 1.165) is 12.1 Å². The van der Waals surface area contributed by atoms with Gasteiger partial charge in [0.2, 0.25) is 0 Å². The maximum absolute atomic E-state index is 12.7. The second-order valence-electron chi connectivity index (χ2n) is 5.93. The maximum atomic E-state index is 12.7. The summed E-state index contributed by atoms with van der Waals surface area (Å²) in [7, 11) is 0. The Bertz CT molecular complexity index is 730. The molecule has 2 aromatic rings. The number of nitrogens with zero attached hydrogens (tertiary/aromatic N) is 2. The van der Waals surface area contributed by atoms with E-state index in [9.17, 15) is 18.0 Å². The fourth-order valence-corrected chi connectivity index (χ4v) is 2.01. The van der Waals surface area contributed by atoms with Gasteiger partial charge in [0.15, 0.2) is 11.4 Å². The lowest BCUT2D eigenvalue weighted by atomic mass is 10.1. The van der Waals surface area contributed by atoms with Gasteiger partial charge in [0.1, 0.15) is 5.75 Å². The molecule has 23 heavy (non-hydrogen) atoms. The van der Waals surface area contributed by atoms with E-state index in [1.165, 1.54) is 23.0 Å². The van der Waals surface area contributed by atoms with E-state index in [-0.39, 0.29) is 17.2 Å². The van der Waals surface area contributed by atoms with E-state index in [0.29, 0.717) is 0 Å². The SMILES string of the molecule is CC(C)(C)n1ncc(Oc2cccc(C(F)(F)F)c2)c1C(N)=O. The summed E-state index contributed by atoms with van der Waals surface area (Å²) in [5.74, 6) is -0.832. The summed E-state index contributed by atoms with van der Waals surface area (Å²) in [5, 5.41) is 4.04. The van der Waals surface area contributed by atoms with Gasteiger partial charge in [0.05, 0.1) is 17.3 Å². The largest absolute Gasteiger partial charge is 0.453 e. The number of carbonyl (C=O) groups excluding carboxylic acids is 1. The molecule has 0 bridgehead atoms. The van der Waals surface area contributed by atoms with Gasteiger partial charge >= 0.3 is 6.18 Å². The third-order valence-corrected chi connectivity index (χ3v) is 2.99. The highest BCUT2D eigenvalue weighted by atomic mass is 19.4. The first-order valence-corrected chi connectivity index (χ1v) is 6.73. The quantitative estimate of drug-likeness (QED) is 0.937. The van der Waals surface area contributed by atoms with Crippen molar-refractivity contribution in [2.75, 3.05) is 0 Å². The van der Waals surface area contributed by atoms with Gasteiger partial charge in [-0.25, -0.2) is 0 Å². The first-order valence-electron chi connectivity index (χ1n) is 6.73. The number of ether oxygens (including phenoxy) is 1. The number of nitrogens with two attached hydrogens (primary N) is 1. The summed E-state index contributed by atoms with van der Waals surface area (Å²) in [5.41, 5.74) is 3.95. The summed E-state index contributed by atoms with van der Waals surface area (Å²) in [4.78, 5) is 11.7. The van der Waals surface area contributed by atoms with Crippen LogP contribution in [0.25, 0.3) is 0 Å². The lowest BCUT2D eigenvalue weighted by Gasteiger charge is -2.21. The van der Waals surface area contributed by atoms with Crippen molar-refractivity contribution in [3.63, 3.8) is 0 Å². The molecule has 0 atom stereocenters. The highest BCUT2D eigenvalue weighted by Gasteiger charge is 2.31. The molecule has 0 aliphatic rings. The second kappa shape index (κ2) is 5.60. The minimum atomic E-state index is -4.48. The van der Waals surface area contributed by atoms with Crippen LogP contribution in [0.2, 0.25) is 0 Å². The van der Waals surface area contributed by atoms with Gasteiger partial charge in [-0.05, 0) is 39.0 Å². The number of aromatic nitrogens is 2. The normalized spacial score (nSPS) is 12.3. The summed E-state index contributed by atoms with van der Waals surface area (Å²) in [6.45, 7) is 5.42. The average Bonchev–Trinajstić information content (AvgIpc) is 2.82. The molecule has 1 aromatic heterocycles. The van der Waals surface area contributed by atoms with Gasteiger partial charge in [0.25, 0.3) is 5.91 Å². The van der Waals surface area contributed by atoms with Crippen LogP contribution in [0.3, 0.4) is 0 Å². The van der Waals surface area contributed by atoms with E-state index in [2.05, 4.69) is 5.10 Å². The molecular formula is C15H16F3N3O2. The zero-order valence-electron chi connectivity index (χ0n) is 12.8. The Kier molecular flexibility index (Phi) is 4.10. The van der Waals surface area contributed by atoms with Crippen molar-refractivity contribution in [2.45, 2.75) is 32.5 Å². The number of carbonyl (C=O) groups is 1. The number of hydrogen-bond donors (Lipinski definition) is 1. The first kappa shape index (κ1) is 16.9.